The number of nitrogens with zero attached hydrogens (tertiary/aromatic N) is 6. The van der Waals surface area contributed by atoms with E-state index in [1.165, 1.54) is 4.57 Å². The molecule has 0 N–H and O–H groups in total. The predicted molar refractivity (Wildman–Crippen MR) is 448 cm³/mol. The molecule has 0 bridgehead atoms. The maximum Gasteiger partial charge on any atom is 0.252 e. The molecule has 106 heavy (non-hydrogen) atoms. The lowest BCUT2D eigenvalue weighted by Gasteiger charge is -2.46. The van der Waals surface area contributed by atoms with E-state index in [-0.39, 0.29) is 61.4 Å². The van der Waals surface area contributed by atoms with Gasteiger partial charge in [-0.1, -0.05) is 329 Å². The maximum absolute atomic E-state index is 10.2. The van der Waals surface area contributed by atoms with Crippen LogP contribution in [0, 0.1) is 0 Å². The summed E-state index contributed by atoms with van der Waals surface area (Å²) in [5.41, 5.74) is 9.22. The molecule has 0 amide bonds. The van der Waals surface area contributed by atoms with Gasteiger partial charge in [0.05, 0.1) is 59.6 Å². The van der Waals surface area contributed by atoms with Gasteiger partial charge in [-0.3, -0.25) is 0 Å². The summed E-state index contributed by atoms with van der Waals surface area (Å²) in [5.74, 6) is -1.41. The highest BCUT2D eigenvalue weighted by molar-refractivity contribution is 7.00. The molecule has 510 valence electrons. The van der Waals surface area contributed by atoms with Crippen molar-refractivity contribution in [3.8, 4) is 95.5 Å². The first kappa shape index (κ1) is 44.9. The molecule has 0 aliphatic carbocycles. The first-order chi connectivity index (χ1) is 61.0. The maximum atomic E-state index is 10.2. The van der Waals surface area contributed by atoms with Crippen LogP contribution in [0.5, 0.6) is 0 Å². The van der Waals surface area contributed by atoms with Crippen LogP contribution in [0.1, 0.15) is 111 Å². The fourth-order valence-corrected chi connectivity index (χ4v) is 14.8. The Hall–Kier alpha value is -12.4. The number of benzene rings is 14. The topological polar surface area (TPSA) is 50.1 Å². The largest absolute Gasteiger partial charge is 0.311 e. The van der Waals surface area contributed by atoms with Crippen LogP contribution in [0.4, 0.5) is 34.1 Å². The van der Waals surface area contributed by atoms with Crippen molar-refractivity contribution >= 4 is 79.0 Å². The van der Waals surface area contributed by atoms with Crippen LogP contribution < -0.4 is 26.2 Å². The summed E-state index contributed by atoms with van der Waals surface area (Å²) < 4.78 is 219. The van der Waals surface area contributed by atoms with Gasteiger partial charge in [0.15, 0.2) is 17.5 Å². The molecular weight excluding hydrogens is 1280 g/mol. The molecule has 2 aliphatic heterocycles. The number of hydrogen-bond acceptors (Lipinski definition) is 5. The summed E-state index contributed by atoms with van der Waals surface area (Å²) in [5, 5.41) is -0.462. The van der Waals surface area contributed by atoms with Crippen molar-refractivity contribution in [3.05, 3.63) is 344 Å². The number of fused-ring (bicyclic) bond motifs is 7. The van der Waals surface area contributed by atoms with Crippen LogP contribution in [0.3, 0.4) is 0 Å². The molecule has 0 radical (unpaired) electrons. The molecule has 14 aromatic carbocycles. The first-order valence-corrected chi connectivity index (χ1v) is 35.2. The van der Waals surface area contributed by atoms with E-state index in [0.717, 1.165) is 33.4 Å². The van der Waals surface area contributed by atoms with Crippen LogP contribution in [0.25, 0.3) is 117 Å². The fraction of sp³-hybridized carbons (Fsp3) is 0.121. The molecule has 0 atom stereocenters. The van der Waals surface area contributed by atoms with Gasteiger partial charge >= 0.3 is 0 Å². The molecular formula is C99H81BN6. The van der Waals surface area contributed by atoms with Crippen molar-refractivity contribution in [2.24, 2.45) is 0 Å². The lowest BCUT2D eigenvalue weighted by Crippen LogP contribution is -2.61. The Morgan fingerprint density at radius 3 is 1.24 bits per heavy atom. The summed E-state index contributed by atoms with van der Waals surface area (Å²) >= 11 is 0. The molecule has 0 saturated carbocycles. The summed E-state index contributed by atoms with van der Waals surface area (Å²) in [6.45, 7) is 17.9. The second-order valence-electron chi connectivity index (χ2n) is 29.9. The van der Waals surface area contributed by atoms with Crippen molar-refractivity contribution in [1.82, 2.24) is 19.5 Å². The molecule has 0 unspecified atom stereocenters. The minimum Gasteiger partial charge on any atom is -0.311 e. The SMILES string of the molecule is [2H]c1c([2H])c([2H])c(-c2ccc3c(c2)N(c2ccc(-c4ccccc4)cc2-c2ccccc2)c2cc(-n4c5c([2H])c([2H])c([2H])c([2H])c5c5c([2H])c([2H])c([2H])c([2H])c54)cc4c2B3c2ccc(-c3cc(C(C)(C)C)cc(C(C)(C)C)c3)cc2N4c2c(-c3ccccc3)cc(C(C)(C)C)cc2-c2nc(-c3c([2H])c([2H])c([2H])c([2H])c3[2H])nc(-c3c([2H])c([2H])c([2H])c([2H])c3[2H])n2)c([2H])c1[2H]. The Kier molecular flexibility index (Phi) is 10.9. The Balaban J connectivity index is 1.11. The zero-order valence-electron chi connectivity index (χ0n) is 82.7. The van der Waals surface area contributed by atoms with Gasteiger partial charge in [-0.2, -0.15) is 0 Å². The molecule has 0 fully saturated rings. The van der Waals surface area contributed by atoms with E-state index in [1.54, 1.807) is 12.1 Å². The second-order valence-corrected chi connectivity index (χ2v) is 29.9. The van der Waals surface area contributed by atoms with Gasteiger partial charge in [-0.15, -0.1) is 0 Å². The molecule has 16 aromatic rings. The zero-order valence-corrected chi connectivity index (χ0v) is 59.7. The molecule has 0 saturated heterocycles. The minimum absolute atomic E-state index is 0.0495. The van der Waals surface area contributed by atoms with E-state index in [0.29, 0.717) is 67.0 Å². The van der Waals surface area contributed by atoms with E-state index in [1.807, 2.05) is 164 Å². The molecule has 7 heteroatoms. The highest BCUT2D eigenvalue weighted by Crippen LogP contribution is 2.54. The summed E-state index contributed by atoms with van der Waals surface area (Å²) in [4.78, 5) is 19.4. The van der Waals surface area contributed by atoms with E-state index >= 15 is 0 Å². The van der Waals surface area contributed by atoms with Crippen LogP contribution in [-0.2, 0) is 16.2 Å². The highest BCUT2D eigenvalue weighted by Gasteiger charge is 2.46. The van der Waals surface area contributed by atoms with Crippen molar-refractivity contribution in [1.29, 1.82) is 0 Å². The summed E-state index contributed by atoms with van der Waals surface area (Å²) in [6.07, 6.45) is 0. The average molecular weight is 1390 g/mol. The molecule has 18 rings (SSSR count). The van der Waals surface area contributed by atoms with Crippen molar-refractivity contribution in [3.63, 3.8) is 0 Å². The Morgan fingerprint density at radius 1 is 0.292 bits per heavy atom. The monoisotopic (exact) mass is 1390 g/mol. The van der Waals surface area contributed by atoms with Gasteiger partial charge in [0.1, 0.15) is 0 Å². The van der Waals surface area contributed by atoms with Crippen molar-refractivity contribution in [2.45, 2.75) is 78.6 Å². The lowest BCUT2D eigenvalue weighted by molar-refractivity contribution is 0.569. The highest BCUT2D eigenvalue weighted by atomic mass is 15.2. The molecule has 0 spiro atoms. The van der Waals surface area contributed by atoms with Crippen LogP contribution >= 0.6 is 0 Å². The molecule has 2 aromatic heterocycles. The molecule has 4 heterocycles. The van der Waals surface area contributed by atoms with Gasteiger partial charge in [0.25, 0.3) is 6.71 Å². The summed E-state index contributed by atoms with van der Waals surface area (Å²) in [6, 6.07) is 45.0. The van der Waals surface area contributed by atoms with E-state index < -0.39 is 185 Å². The second kappa shape index (κ2) is 25.8. The van der Waals surface area contributed by atoms with Crippen LogP contribution in [0.2, 0.25) is 0 Å². The number of para-hydroxylation sites is 2. The third kappa shape index (κ3) is 11.6. The minimum atomic E-state index is -0.965. The molecule has 2 aliphatic rings. The van der Waals surface area contributed by atoms with Gasteiger partial charge in [0.2, 0.25) is 0 Å². The standard InChI is InChI=1S/C99H81BN6/c1-97(2,3)74-54-73(55-75(59-74)98(4,5)6)72-49-52-84-89(58-72)106(93-81(67-38-22-13-23-39-67)60-76(99(7,8)9)61-82(93)96-102-94(68-40-24-14-25-41-68)101-95(103-96)69-42-26-15-27-43-69)91-63-77(104-85-46-30-28-44-78(85)79-45-29-31-47-86(79)104)62-90-92(91)100(84)83-51-48-71(65-34-18-11-19-35-65)57-88(83)105(90)87-53-50-70(64-32-16-10-17-33-64)56-80(87)66-36-20-12-21-37-66/h10-63H,1-9H3/i11D,14D,15D,18D,19D,24D,25D,26D,27D,28D,29D,30D,31D,34D,35D,40D,41D,42D,43D,44D,45D,46D,47D. The quantitative estimate of drug-likeness (QED) is 0.121. The van der Waals surface area contributed by atoms with Crippen LogP contribution in [0.15, 0.2) is 327 Å². The predicted octanol–water partition coefficient (Wildman–Crippen LogP) is 24.3. The average Bonchev–Trinajstić information content (AvgIpc) is 1.68. The van der Waals surface area contributed by atoms with Gasteiger partial charge < -0.3 is 14.4 Å². The van der Waals surface area contributed by atoms with Crippen LogP contribution in [-0.4, -0.2) is 26.2 Å². The molecule has 6 nitrogen and oxygen atoms in total. The number of rotatable bonds is 11. The van der Waals surface area contributed by atoms with Crippen molar-refractivity contribution in [2.75, 3.05) is 9.80 Å². The number of hydrogen-bond donors (Lipinski definition) is 0. The Labute approximate surface area is 655 Å². The lowest BCUT2D eigenvalue weighted by atomic mass is 9.33. The van der Waals surface area contributed by atoms with Gasteiger partial charge in [0, 0.05) is 61.3 Å². The smallest absolute Gasteiger partial charge is 0.252 e. The number of aromatic nitrogens is 4. The zero-order chi connectivity index (χ0) is 92.2. The van der Waals surface area contributed by atoms with Gasteiger partial charge in [-0.05, 0) is 154 Å². The van der Waals surface area contributed by atoms with E-state index in [2.05, 4.69) is 84.0 Å². The third-order valence-electron chi connectivity index (χ3n) is 20.2. The number of anilines is 6. The first-order valence-electron chi connectivity index (χ1n) is 46.7. The van der Waals surface area contributed by atoms with Gasteiger partial charge in [-0.25, -0.2) is 15.0 Å². The van der Waals surface area contributed by atoms with E-state index in [9.17, 15) is 21.9 Å². The Bertz CT molecular complexity index is 7270. The third-order valence-corrected chi connectivity index (χ3v) is 20.2. The fourth-order valence-electron chi connectivity index (χ4n) is 14.8. The normalized spacial score (nSPS) is 15.7. The van der Waals surface area contributed by atoms with E-state index in [4.69, 9.17) is 24.5 Å². The summed E-state index contributed by atoms with van der Waals surface area (Å²) in [7, 11) is 0. The Morgan fingerprint density at radius 2 is 0.708 bits per heavy atom. The van der Waals surface area contributed by atoms with Crippen molar-refractivity contribution < 1.29 is 31.5 Å².